The fourth-order valence-electron chi connectivity index (χ4n) is 8.26. The summed E-state index contributed by atoms with van der Waals surface area (Å²) in [6.45, 7) is 3.50. The normalized spacial score (nSPS) is 36.3. The zero-order valence-electron chi connectivity index (χ0n) is 26.5. The minimum absolute atomic E-state index is 0.0704. The molecule has 3 heterocycles. The molecule has 1 spiro atoms. The molecule has 2 fully saturated rings. The lowest BCUT2D eigenvalue weighted by Crippen LogP contribution is -2.78. The van der Waals surface area contributed by atoms with Gasteiger partial charge < -0.3 is 49.5 Å². The molecule has 3 aliphatic carbocycles. The number of fused-ring (bicyclic) bond motifs is 4. The topological polar surface area (TPSA) is 188 Å². The molecule has 1 aromatic heterocycles. The highest BCUT2D eigenvalue weighted by atomic mass is 16.7. The Bertz CT molecular complexity index is 1540. The van der Waals surface area contributed by atoms with E-state index in [-0.39, 0.29) is 36.9 Å². The van der Waals surface area contributed by atoms with Crippen LogP contribution in [-0.2, 0) is 28.5 Å². The average molecular weight is 644 g/mol. The van der Waals surface area contributed by atoms with E-state index in [1.807, 2.05) is 18.2 Å². The van der Waals surface area contributed by atoms with Gasteiger partial charge in [-0.2, -0.15) is 0 Å². The molecule has 1 aromatic rings. The number of methoxy groups -OCH3 is 1. The Labute approximate surface area is 267 Å². The van der Waals surface area contributed by atoms with Crippen molar-refractivity contribution in [1.29, 1.82) is 0 Å². The van der Waals surface area contributed by atoms with Crippen molar-refractivity contribution in [3.05, 3.63) is 46.1 Å². The van der Waals surface area contributed by atoms with Crippen LogP contribution < -0.4 is 10.6 Å². The number of ether oxygens (including phenoxy) is 4. The molecule has 1 saturated heterocycles. The van der Waals surface area contributed by atoms with Crippen LogP contribution in [0.5, 0.6) is 0 Å². The van der Waals surface area contributed by atoms with Gasteiger partial charge in [-0.3, -0.25) is 4.79 Å². The molecule has 0 unspecified atom stereocenters. The number of carbonyl (C=O) groups excluding carboxylic acids is 1. The first-order valence-corrected chi connectivity index (χ1v) is 16.3. The fourth-order valence-corrected chi connectivity index (χ4v) is 8.26. The number of H-pyrrole nitrogens is 1. The number of carboxylic acid groups (broad SMARTS) is 1. The highest BCUT2D eigenvalue weighted by molar-refractivity contribution is 5.90. The van der Waals surface area contributed by atoms with Crippen LogP contribution in [0.4, 0.5) is 0 Å². The monoisotopic (exact) mass is 643 g/mol. The number of nitrogens with one attached hydrogen (secondary N) is 1. The van der Waals surface area contributed by atoms with Crippen LogP contribution >= 0.6 is 0 Å². The third-order valence-corrected chi connectivity index (χ3v) is 10.6. The molecule has 0 aromatic carbocycles. The number of hydrogen-bond acceptors (Lipinski definition) is 10. The van der Waals surface area contributed by atoms with Crippen LogP contribution in [0.3, 0.4) is 0 Å². The number of allylic oxidation sites excluding steroid dienone is 1. The Kier molecular flexibility index (Phi) is 8.98. The average Bonchev–Trinajstić information content (AvgIpc) is 3.42. The van der Waals surface area contributed by atoms with Crippen LogP contribution in [0.15, 0.2) is 29.9 Å². The molecule has 0 amide bonds. The number of carboxylic acids is 1. The molecular formula is C34H45NO11. The first-order valence-electron chi connectivity index (χ1n) is 16.3. The summed E-state index contributed by atoms with van der Waals surface area (Å²) < 4.78 is 24.7. The van der Waals surface area contributed by atoms with E-state index in [1.165, 1.54) is 7.11 Å². The highest BCUT2D eigenvalue weighted by Crippen LogP contribution is 2.54. The number of rotatable bonds is 10. The molecular weight excluding hydrogens is 598 g/mol. The first-order chi connectivity index (χ1) is 22.0. The molecule has 12 heteroatoms. The number of aliphatic carboxylic acids is 1. The largest absolute Gasteiger partial charge is 0.481 e. The van der Waals surface area contributed by atoms with Crippen LogP contribution in [0.1, 0.15) is 70.4 Å². The summed E-state index contributed by atoms with van der Waals surface area (Å²) in [5.74, 6) is -2.63. The Morgan fingerprint density at radius 3 is 2.70 bits per heavy atom. The Morgan fingerprint density at radius 1 is 1.24 bits per heavy atom. The summed E-state index contributed by atoms with van der Waals surface area (Å²) in [6, 6.07) is 2.03. The summed E-state index contributed by atoms with van der Waals surface area (Å²) in [6.07, 6.45) is 2.85. The second-order valence-corrected chi connectivity index (χ2v) is 13.5. The van der Waals surface area contributed by atoms with Crippen molar-refractivity contribution in [2.75, 3.05) is 20.3 Å². The number of aliphatic hydroxyl groups excluding tert-OH is 3. The summed E-state index contributed by atoms with van der Waals surface area (Å²) in [5.41, 5.74) is -1.60. The number of esters is 1. The maximum Gasteiger partial charge on any atom is 0.333 e. The number of aromatic amines is 1. The van der Waals surface area contributed by atoms with Gasteiger partial charge in [0.1, 0.15) is 23.6 Å². The van der Waals surface area contributed by atoms with E-state index in [9.17, 15) is 35.1 Å². The van der Waals surface area contributed by atoms with Gasteiger partial charge in [-0.1, -0.05) is 32.1 Å². The summed E-state index contributed by atoms with van der Waals surface area (Å²) in [7, 11) is 1.26. The van der Waals surface area contributed by atoms with Crippen molar-refractivity contribution in [2.45, 2.75) is 101 Å². The molecule has 5 aliphatic rings. The molecule has 1 saturated carbocycles. The lowest BCUT2D eigenvalue weighted by atomic mass is 9.63. The molecule has 12 nitrogen and oxygen atoms in total. The molecule has 6 N–H and O–H groups in total. The standard InChI is InChI=1S/C34H45NO11/c1-17(2)24-14-22-23-10-11-33(42)31(41)34(23,46-25(9-6-12-36)28(22)35-24)26(16-37)44-32(33)45-29-18-7-4-5-8-19(29)20(15-27(38)39)21(13-18)30(40)43-3/h5,8,13-14,17-20,26,29,31-32,35-37,41-42H,4,6-7,9-12,15-16H2,1-3H3,(H,38,39)/t18-,19+,20-,26+,29+,31+,32-,33+,34+/m0/s1. The molecule has 4 bridgehead atoms. The lowest BCUT2D eigenvalue weighted by Gasteiger charge is -2.60. The highest BCUT2D eigenvalue weighted by Gasteiger charge is 2.70. The quantitative estimate of drug-likeness (QED) is 0.156. The predicted octanol–water partition coefficient (Wildman–Crippen LogP) is 0.713. The minimum Gasteiger partial charge on any atom is -0.481 e. The molecule has 6 rings (SSSR count). The second-order valence-electron chi connectivity index (χ2n) is 13.5. The third-order valence-electron chi connectivity index (χ3n) is 10.6. The van der Waals surface area contributed by atoms with E-state index in [0.29, 0.717) is 37.9 Å². The van der Waals surface area contributed by atoms with Gasteiger partial charge in [0.05, 0.1) is 31.6 Å². The van der Waals surface area contributed by atoms with Crippen LogP contribution in [0, 0.1) is 17.8 Å². The van der Waals surface area contributed by atoms with E-state index >= 15 is 0 Å². The zero-order chi connectivity index (χ0) is 33.0. The van der Waals surface area contributed by atoms with Crippen molar-refractivity contribution in [2.24, 2.45) is 17.8 Å². The third kappa shape index (κ3) is 5.14. The molecule has 252 valence electrons. The van der Waals surface area contributed by atoms with Gasteiger partial charge in [-0.25, -0.2) is 4.79 Å². The molecule has 0 radical (unpaired) electrons. The molecule has 9 atom stereocenters. The number of hydrogen-bond donors (Lipinski definition) is 6. The van der Waals surface area contributed by atoms with Crippen LogP contribution in [0.25, 0.3) is 11.3 Å². The van der Waals surface area contributed by atoms with Crippen LogP contribution in [0.2, 0.25) is 0 Å². The summed E-state index contributed by atoms with van der Waals surface area (Å²) in [5, 5.41) is 56.2. The maximum absolute atomic E-state index is 12.8. The Hall–Kier alpha value is -3.00. The zero-order valence-corrected chi connectivity index (χ0v) is 26.5. The SMILES string of the molecule is COC(=O)C1=C[C@@H]2CCC=C[C@@H]([C@@H]2O[C@@H]2O[C@H](CO)[C@]34OC(CCCO)=c5[nH]c(C(C)C)cc5=C3CC[C@@]2(O)[C@H]4O)[C@@H]1CC(=O)O. The van der Waals surface area contributed by atoms with Gasteiger partial charge in [0, 0.05) is 47.3 Å². The van der Waals surface area contributed by atoms with E-state index in [4.69, 9.17) is 18.9 Å². The Morgan fingerprint density at radius 2 is 2.02 bits per heavy atom. The predicted molar refractivity (Wildman–Crippen MR) is 163 cm³/mol. The van der Waals surface area contributed by atoms with E-state index in [0.717, 1.165) is 21.8 Å². The maximum atomic E-state index is 12.8. The van der Waals surface area contributed by atoms with Crippen molar-refractivity contribution >= 4 is 23.3 Å². The van der Waals surface area contributed by atoms with Gasteiger partial charge in [-0.15, -0.1) is 0 Å². The summed E-state index contributed by atoms with van der Waals surface area (Å²) >= 11 is 0. The van der Waals surface area contributed by atoms with Crippen molar-refractivity contribution in [3.8, 4) is 0 Å². The number of aliphatic hydroxyl groups is 4. The van der Waals surface area contributed by atoms with E-state index in [2.05, 4.69) is 18.8 Å². The van der Waals surface area contributed by atoms with Crippen LogP contribution in [-0.4, -0.2) is 98.6 Å². The van der Waals surface area contributed by atoms with E-state index < -0.39 is 66.2 Å². The molecule has 46 heavy (non-hydrogen) atoms. The smallest absolute Gasteiger partial charge is 0.333 e. The van der Waals surface area contributed by atoms with Crippen molar-refractivity contribution < 1.29 is 54.1 Å². The van der Waals surface area contributed by atoms with Gasteiger partial charge in [0.2, 0.25) is 0 Å². The lowest BCUT2D eigenvalue weighted by molar-refractivity contribution is -0.375. The van der Waals surface area contributed by atoms with Crippen molar-refractivity contribution in [1.82, 2.24) is 4.98 Å². The number of aromatic nitrogens is 1. The first kappa shape index (κ1) is 32.9. The van der Waals surface area contributed by atoms with Gasteiger partial charge in [-0.05, 0) is 49.7 Å². The van der Waals surface area contributed by atoms with Crippen molar-refractivity contribution in [3.63, 3.8) is 0 Å². The molecule has 2 aliphatic heterocycles. The van der Waals surface area contributed by atoms with Gasteiger partial charge in [0.25, 0.3) is 0 Å². The van der Waals surface area contributed by atoms with Gasteiger partial charge >= 0.3 is 11.9 Å². The fraction of sp³-hybridized carbons (Fsp3) is 0.647. The Balaban J connectivity index is 1.40. The summed E-state index contributed by atoms with van der Waals surface area (Å²) in [4.78, 5) is 28.1. The minimum atomic E-state index is -1.95. The van der Waals surface area contributed by atoms with Gasteiger partial charge in [0.15, 0.2) is 11.9 Å². The van der Waals surface area contributed by atoms with E-state index in [1.54, 1.807) is 6.08 Å². The number of carbonyl (C=O) groups is 2. The second kappa shape index (κ2) is 12.6.